The smallest absolute Gasteiger partial charge is 0.255 e. The van der Waals surface area contributed by atoms with E-state index in [1.54, 1.807) is 17.0 Å². The molecule has 2 aromatic carbocycles. The molecule has 0 aromatic heterocycles. The molecule has 3 atom stereocenters. The molecular weight excluding hydrogens is 442 g/mol. The Labute approximate surface area is 204 Å². The van der Waals surface area contributed by atoms with Crippen LogP contribution < -0.4 is 5.32 Å². The SMILES string of the molecule is Cc1c(C2CC2)ccc2c1CN(C(=O)c1ccc3c(c1)[C@@H](C)N([C@H]1CCC(=O)NC1=O)C3=O)[C@H]2C. The lowest BCUT2D eigenvalue weighted by Gasteiger charge is -2.32. The fourth-order valence-corrected chi connectivity index (χ4v) is 6.18. The van der Waals surface area contributed by atoms with Crippen LogP contribution in [0.4, 0.5) is 0 Å². The number of carbonyl (C=O) groups is 4. The Morgan fingerprint density at radius 1 is 0.943 bits per heavy atom. The van der Waals surface area contributed by atoms with E-state index in [4.69, 9.17) is 0 Å². The van der Waals surface area contributed by atoms with Crippen molar-refractivity contribution in [2.24, 2.45) is 0 Å². The van der Waals surface area contributed by atoms with Crippen LogP contribution in [0.5, 0.6) is 0 Å². The zero-order valence-electron chi connectivity index (χ0n) is 20.3. The average molecular weight is 472 g/mol. The quantitative estimate of drug-likeness (QED) is 0.688. The van der Waals surface area contributed by atoms with Gasteiger partial charge in [0.1, 0.15) is 6.04 Å². The average Bonchev–Trinajstić information content (AvgIpc) is 3.58. The van der Waals surface area contributed by atoms with Crippen molar-refractivity contribution in [1.82, 2.24) is 15.1 Å². The molecular formula is C28H29N3O4. The van der Waals surface area contributed by atoms with Gasteiger partial charge in [0.2, 0.25) is 11.8 Å². The molecule has 0 spiro atoms. The van der Waals surface area contributed by atoms with Gasteiger partial charge in [0.25, 0.3) is 11.8 Å². The maximum atomic E-state index is 13.7. The Hall–Kier alpha value is -3.48. The number of piperidine rings is 1. The first-order chi connectivity index (χ1) is 16.8. The Bertz CT molecular complexity index is 1310. The minimum atomic E-state index is -0.682. The van der Waals surface area contributed by atoms with Crippen LogP contribution >= 0.6 is 0 Å². The largest absolute Gasteiger partial charge is 0.328 e. The second-order valence-corrected chi connectivity index (χ2v) is 10.4. The van der Waals surface area contributed by atoms with Gasteiger partial charge in [-0.1, -0.05) is 12.1 Å². The van der Waals surface area contributed by atoms with Crippen molar-refractivity contribution in [3.63, 3.8) is 0 Å². The molecule has 2 aromatic rings. The summed E-state index contributed by atoms with van der Waals surface area (Å²) in [6, 6.07) is 8.61. The maximum absolute atomic E-state index is 13.7. The van der Waals surface area contributed by atoms with Crippen molar-refractivity contribution >= 4 is 23.6 Å². The fourth-order valence-electron chi connectivity index (χ4n) is 6.18. The zero-order valence-corrected chi connectivity index (χ0v) is 20.3. The first-order valence-electron chi connectivity index (χ1n) is 12.5. The van der Waals surface area contributed by atoms with Crippen LogP contribution in [0.3, 0.4) is 0 Å². The van der Waals surface area contributed by atoms with E-state index in [1.807, 2.05) is 17.9 Å². The van der Waals surface area contributed by atoms with Crippen LogP contribution in [0.25, 0.3) is 0 Å². The number of fused-ring (bicyclic) bond motifs is 2. The molecule has 1 aliphatic carbocycles. The lowest BCUT2D eigenvalue weighted by molar-refractivity contribution is -0.137. The van der Waals surface area contributed by atoms with E-state index in [1.165, 1.54) is 35.1 Å². The van der Waals surface area contributed by atoms with Gasteiger partial charge in [-0.3, -0.25) is 24.5 Å². The van der Waals surface area contributed by atoms with E-state index in [0.717, 1.165) is 5.56 Å². The Kier molecular flexibility index (Phi) is 4.88. The van der Waals surface area contributed by atoms with E-state index in [9.17, 15) is 19.2 Å². The van der Waals surface area contributed by atoms with Crippen molar-refractivity contribution in [2.45, 2.75) is 77.0 Å². The topological polar surface area (TPSA) is 86.8 Å². The first kappa shape index (κ1) is 22.0. The summed E-state index contributed by atoms with van der Waals surface area (Å²) in [5.74, 6) is -0.358. The number of imide groups is 1. The van der Waals surface area contributed by atoms with Crippen LogP contribution in [0.2, 0.25) is 0 Å². The van der Waals surface area contributed by atoms with E-state index in [-0.39, 0.29) is 36.2 Å². The molecule has 7 heteroatoms. The lowest BCUT2D eigenvalue weighted by atomic mass is 9.94. The summed E-state index contributed by atoms with van der Waals surface area (Å²) >= 11 is 0. The van der Waals surface area contributed by atoms with Crippen LogP contribution in [-0.2, 0) is 16.1 Å². The molecule has 6 rings (SSSR count). The Balaban J connectivity index is 1.27. The van der Waals surface area contributed by atoms with E-state index < -0.39 is 11.9 Å². The fraction of sp³-hybridized carbons (Fsp3) is 0.429. The summed E-state index contributed by atoms with van der Waals surface area (Å²) in [7, 11) is 0. The minimum absolute atomic E-state index is 0.0169. The monoisotopic (exact) mass is 471 g/mol. The summed E-state index contributed by atoms with van der Waals surface area (Å²) in [5, 5.41) is 2.34. The first-order valence-corrected chi connectivity index (χ1v) is 12.5. The summed E-state index contributed by atoms with van der Waals surface area (Å²) in [6.45, 7) is 6.72. The molecule has 1 N–H and O–H groups in total. The van der Waals surface area contributed by atoms with Crippen LogP contribution in [0.1, 0.15) is 106 Å². The number of rotatable bonds is 3. The molecule has 35 heavy (non-hydrogen) atoms. The van der Waals surface area contributed by atoms with Gasteiger partial charge in [-0.15, -0.1) is 0 Å². The summed E-state index contributed by atoms with van der Waals surface area (Å²) in [4.78, 5) is 54.3. The molecule has 0 radical (unpaired) electrons. The van der Waals surface area contributed by atoms with Gasteiger partial charge in [-0.25, -0.2) is 0 Å². The molecule has 4 amide bonds. The van der Waals surface area contributed by atoms with Crippen molar-refractivity contribution in [1.29, 1.82) is 0 Å². The third-order valence-corrected chi connectivity index (χ3v) is 8.38. The zero-order chi connectivity index (χ0) is 24.6. The van der Waals surface area contributed by atoms with E-state index in [2.05, 4.69) is 31.3 Å². The highest BCUT2D eigenvalue weighted by atomic mass is 16.2. The number of amides is 4. The third kappa shape index (κ3) is 3.32. The number of nitrogens with zero attached hydrogens (tertiary/aromatic N) is 2. The van der Waals surface area contributed by atoms with Crippen molar-refractivity contribution < 1.29 is 19.2 Å². The highest BCUT2D eigenvalue weighted by molar-refractivity contribution is 6.06. The van der Waals surface area contributed by atoms with Crippen molar-refractivity contribution in [3.05, 3.63) is 69.3 Å². The maximum Gasteiger partial charge on any atom is 0.255 e. The van der Waals surface area contributed by atoms with Gasteiger partial charge in [-0.2, -0.15) is 0 Å². The molecule has 3 aliphatic heterocycles. The lowest BCUT2D eigenvalue weighted by Crippen LogP contribution is -2.53. The normalized spacial score (nSPS) is 25.6. The molecule has 0 unspecified atom stereocenters. The highest BCUT2D eigenvalue weighted by Crippen LogP contribution is 2.46. The van der Waals surface area contributed by atoms with E-state index in [0.29, 0.717) is 30.0 Å². The molecule has 1 saturated heterocycles. The molecule has 0 bridgehead atoms. The van der Waals surface area contributed by atoms with Crippen LogP contribution in [0.15, 0.2) is 30.3 Å². The predicted molar refractivity (Wildman–Crippen MR) is 129 cm³/mol. The second-order valence-electron chi connectivity index (χ2n) is 10.4. The summed E-state index contributed by atoms with van der Waals surface area (Å²) < 4.78 is 0. The van der Waals surface area contributed by atoms with E-state index >= 15 is 0 Å². The van der Waals surface area contributed by atoms with Gasteiger partial charge in [-0.05, 0) is 92.0 Å². The van der Waals surface area contributed by atoms with Gasteiger partial charge in [0, 0.05) is 24.1 Å². The molecule has 2 fully saturated rings. The summed E-state index contributed by atoms with van der Waals surface area (Å²) in [6.07, 6.45) is 3.02. The Morgan fingerprint density at radius 3 is 2.40 bits per heavy atom. The Morgan fingerprint density at radius 2 is 1.69 bits per heavy atom. The number of nitrogens with one attached hydrogen (secondary N) is 1. The highest BCUT2D eigenvalue weighted by Gasteiger charge is 2.43. The number of hydrogen-bond donors (Lipinski definition) is 1. The van der Waals surface area contributed by atoms with Gasteiger partial charge in [0.15, 0.2) is 0 Å². The van der Waals surface area contributed by atoms with Gasteiger partial charge in [0.05, 0.1) is 12.1 Å². The number of hydrogen-bond acceptors (Lipinski definition) is 4. The van der Waals surface area contributed by atoms with Crippen LogP contribution in [-0.4, -0.2) is 39.5 Å². The third-order valence-electron chi connectivity index (χ3n) is 8.38. The molecule has 180 valence electrons. The second kappa shape index (κ2) is 7.77. The molecule has 3 heterocycles. The number of carbonyl (C=O) groups excluding carboxylic acids is 4. The van der Waals surface area contributed by atoms with Crippen molar-refractivity contribution in [2.75, 3.05) is 0 Å². The van der Waals surface area contributed by atoms with Crippen LogP contribution in [0, 0.1) is 6.92 Å². The van der Waals surface area contributed by atoms with Gasteiger partial charge < -0.3 is 9.80 Å². The standard InChI is InChI=1S/C28H29N3O4/c1-14-19(17-4-5-17)8-9-20-15(2)30(13-23(14)20)27(34)18-6-7-21-22(12-18)16(3)31(28(21)35)24-10-11-25(32)29-26(24)33/h6-9,12,15-17,24H,4-5,10-11,13H2,1-3H3,(H,29,32,33)/t15-,16+,24-/m0/s1. The minimum Gasteiger partial charge on any atom is -0.328 e. The predicted octanol–water partition coefficient (Wildman–Crippen LogP) is 3.91. The number of benzene rings is 2. The van der Waals surface area contributed by atoms with Gasteiger partial charge >= 0.3 is 0 Å². The summed E-state index contributed by atoms with van der Waals surface area (Å²) in [5.41, 5.74) is 7.04. The molecule has 4 aliphatic rings. The molecule has 7 nitrogen and oxygen atoms in total. The van der Waals surface area contributed by atoms with Crippen molar-refractivity contribution in [3.8, 4) is 0 Å². The molecule has 1 saturated carbocycles.